The first-order valence-corrected chi connectivity index (χ1v) is 18.2. The highest BCUT2D eigenvalue weighted by Crippen LogP contribution is 2.42. The van der Waals surface area contributed by atoms with Crippen LogP contribution >= 0.6 is 56.7 Å². The molecule has 1 nitrogen and oxygen atoms in total. The minimum absolute atomic E-state index is 0.872. The molecule has 0 aliphatic heterocycles. The van der Waals surface area contributed by atoms with E-state index in [4.69, 9.17) is 4.42 Å². The zero-order valence-corrected chi connectivity index (χ0v) is 26.8. The first-order chi connectivity index (χ1) is 21.7. The molecule has 0 amide bonds. The molecule has 0 bridgehead atoms. The highest BCUT2D eigenvalue weighted by atomic mass is 32.1. The zero-order valence-electron chi connectivity index (χ0n) is 22.7. The summed E-state index contributed by atoms with van der Waals surface area (Å²) in [4.78, 5) is 2.21. The molecule has 4 aromatic carbocycles. The lowest BCUT2D eigenvalue weighted by Gasteiger charge is -2.01. The van der Waals surface area contributed by atoms with Crippen LogP contribution in [0.1, 0.15) is 20.9 Å². The Balaban J connectivity index is 1.05. The fraction of sp³-hybridized carbons (Fsp3) is 0. The van der Waals surface area contributed by atoms with Crippen LogP contribution in [0.3, 0.4) is 0 Å². The van der Waals surface area contributed by atoms with Crippen LogP contribution in [0.15, 0.2) is 100 Å². The van der Waals surface area contributed by atoms with Gasteiger partial charge in [-0.1, -0.05) is 41.9 Å². The number of thiophene rings is 5. The van der Waals surface area contributed by atoms with Crippen LogP contribution in [-0.4, -0.2) is 0 Å². The third kappa shape index (κ3) is 3.90. The summed E-state index contributed by atoms with van der Waals surface area (Å²) in [5.41, 5.74) is 3.81. The summed E-state index contributed by atoms with van der Waals surface area (Å²) in [5.74, 6) is 13.5. The van der Waals surface area contributed by atoms with Crippen molar-refractivity contribution >= 4 is 128 Å². The molecule has 204 valence electrons. The maximum atomic E-state index is 6.55. The number of fused-ring (bicyclic) bond motifs is 11. The predicted molar refractivity (Wildman–Crippen MR) is 195 cm³/mol. The molecular formula is C38H16OS5. The predicted octanol–water partition coefficient (Wildman–Crippen LogP) is 12.5. The van der Waals surface area contributed by atoms with E-state index in [0.29, 0.717) is 0 Å². The number of benzene rings is 4. The smallest absolute Gasteiger partial charge is 0.143 e. The van der Waals surface area contributed by atoms with Gasteiger partial charge in [0.2, 0.25) is 0 Å². The number of furan rings is 1. The van der Waals surface area contributed by atoms with Crippen molar-refractivity contribution in [1.82, 2.24) is 0 Å². The van der Waals surface area contributed by atoms with E-state index in [1.54, 1.807) is 45.3 Å². The van der Waals surface area contributed by atoms with Crippen molar-refractivity contribution in [2.75, 3.05) is 0 Å². The number of rotatable bonds is 0. The van der Waals surface area contributed by atoms with Gasteiger partial charge in [0.05, 0.1) is 9.75 Å². The average molecular weight is 649 g/mol. The molecule has 0 saturated heterocycles. The van der Waals surface area contributed by atoms with Gasteiger partial charge in [0.25, 0.3) is 0 Å². The Morgan fingerprint density at radius 1 is 0.432 bits per heavy atom. The summed E-state index contributed by atoms with van der Waals surface area (Å²) < 4.78 is 14.3. The van der Waals surface area contributed by atoms with Crippen LogP contribution in [0.2, 0.25) is 0 Å². The summed E-state index contributed by atoms with van der Waals surface area (Å²) in [7, 11) is 0. The van der Waals surface area contributed by atoms with E-state index >= 15 is 0 Å². The van der Waals surface area contributed by atoms with Crippen LogP contribution in [0.5, 0.6) is 0 Å². The summed E-state index contributed by atoms with van der Waals surface area (Å²) in [5, 5.41) is 11.4. The molecule has 10 aromatic rings. The lowest BCUT2D eigenvalue weighted by atomic mass is 10.0. The van der Waals surface area contributed by atoms with Gasteiger partial charge in [-0.3, -0.25) is 0 Å². The van der Waals surface area contributed by atoms with Crippen molar-refractivity contribution in [3.63, 3.8) is 0 Å². The largest absolute Gasteiger partial charge is 0.455 e. The molecule has 0 atom stereocenters. The Hall–Kier alpha value is -4.40. The third-order valence-electron chi connectivity index (χ3n) is 8.01. The first kappa shape index (κ1) is 25.0. The summed E-state index contributed by atoms with van der Waals surface area (Å²) >= 11 is 8.88. The van der Waals surface area contributed by atoms with Crippen molar-refractivity contribution in [2.24, 2.45) is 0 Å². The Morgan fingerprint density at radius 3 is 1.68 bits per heavy atom. The van der Waals surface area contributed by atoms with Crippen molar-refractivity contribution in [3.05, 3.63) is 117 Å². The second-order valence-electron chi connectivity index (χ2n) is 10.6. The third-order valence-corrected chi connectivity index (χ3v) is 13.2. The summed E-state index contributed by atoms with van der Waals surface area (Å²) in [6, 6.07) is 30.5. The second-order valence-corrected chi connectivity index (χ2v) is 15.7. The number of hydrogen-bond donors (Lipinski definition) is 0. The van der Waals surface area contributed by atoms with Crippen molar-refractivity contribution in [3.8, 4) is 23.7 Å². The van der Waals surface area contributed by atoms with E-state index in [-0.39, 0.29) is 0 Å². The molecule has 6 heteroatoms. The van der Waals surface area contributed by atoms with Gasteiger partial charge in [-0.15, -0.1) is 56.7 Å². The molecule has 0 aliphatic carbocycles. The van der Waals surface area contributed by atoms with E-state index in [2.05, 4.69) is 119 Å². The van der Waals surface area contributed by atoms with Crippen LogP contribution < -0.4 is 0 Å². The van der Waals surface area contributed by atoms with Gasteiger partial charge in [-0.2, -0.15) is 0 Å². The van der Waals surface area contributed by atoms with Crippen LogP contribution in [-0.2, 0) is 0 Å². The quantitative estimate of drug-likeness (QED) is 0.149. The topological polar surface area (TPSA) is 13.1 Å². The van der Waals surface area contributed by atoms with E-state index in [0.717, 1.165) is 48.2 Å². The highest BCUT2D eigenvalue weighted by Gasteiger charge is 2.15. The first-order valence-electron chi connectivity index (χ1n) is 14.0. The van der Waals surface area contributed by atoms with Gasteiger partial charge in [0.1, 0.15) is 11.2 Å². The molecule has 0 N–H and O–H groups in total. The Morgan fingerprint density at radius 2 is 1.00 bits per heavy atom. The molecule has 0 saturated carbocycles. The van der Waals surface area contributed by atoms with Crippen LogP contribution in [0, 0.1) is 23.7 Å². The normalized spacial score (nSPS) is 11.7. The minimum Gasteiger partial charge on any atom is -0.455 e. The van der Waals surface area contributed by atoms with Gasteiger partial charge >= 0.3 is 0 Å². The maximum Gasteiger partial charge on any atom is 0.143 e. The molecule has 0 fully saturated rings. The molecule has 6 heterocycles. The van der Waals surface area contributed by atoms with Gasteiger partial charge in [0.15, 0.2) is 0 Å². The van der Waals surface area contributed by atoms with E-state index in [1.807, 2.05) is 11.3 Å². The monoisotopic (exact) mass is 648 g/mol. The van der Waals surface area contributed by atoms with Crippen molar-refractivity contribution < 1.29 is 4.42 Å². The highest BCUT2D eigenvalue weighted by molar-refractivity contribution is 7.28. The SMILES string of the molecule is C(#Cc1cc2sccc2s1)c1ccc2c(c1)oc1c2ccc2c1ccc1c3ccc(C#Cc4cc5sccc5s4)cc3sc12. The molecule has 6 aromatic heterocycles. The summed E-state index contributed by atoms with van der Waals surface area (Å²) in [6.07, 6.45) is 0. The molecule has 0 radical (unpaired) electrons. The standard InChI is InChI=1S/C38H16OS5/c1(5-23-19-35-32(42-23)13-15-40-35)21-3-7-25-27-9-12-30-28(37(27)39-31(25)17-21)10-11-29-26-8-4-22(18-34(26)44-38(29)30)2-6-24-20-36-33(43-24)14-16-41-36/h3-4,7-20H. The molecule has 44 heavy (non-hydrogen) atoms. The van der Waals surface area contributed by atoms with Crippen molar-refractivity contribution in [1.29, 1.82) is 0 Å². The molecule has 0 aliphatic rings. The van der Waals surface area contributed by atoms with Crippen molar-refractivity contribution in [2.45, 2.75) is 0 Å². The molecule has 0 spiro atoms. The van der Waals surface area contributed by atoms with Crippen LogP contribution in [0.4, 0.5) is 0 Å². The lowest BCUT2D eigenvalue weighted by molar-refractivity contribution is 0.672. The zero-order chi connectivity index (χ0) is 28.8. The fourth-order valence-corrected chi connectivity index (χ4v) is 11.1. The lowest BCUT2D eigenvalue weighted by Crippen LogP contribution is -1.76. The Kier molecular flexibility index (Phi) is 5.42. The molecule has 0 unspecified atom stereocenters. The average Bonchev–Trinajstić information content (AvgIpc) is 3.87. The van der Waals surface area contributed by atoms with Gasteiger partial charge in [0, 0.05) is 71.6 Å². The van der Waals surface area contributed by atoms with E-state index in [1.165, 1.54) is 44.4 Å². The van der Waals surface area contributed by atoms with Crippen LogP contribution in [0.25, 0.3) is 71.7 Å². The maximum absolute atomic E-state index is 6.55. The molecular weight excluding hydrogens is 633 g/mol. The Labute approximate surface area is 271 Å². The van der Waals surface area contributed by atoms with Gasteiger partial charge < -0.3 is 4.42 Å². The van der Waals surface area contributed by atoms with Gasteiger partial charge in [-0.05, 0) is 77.5 Å². The van der Waals surface area contributed by atoms with E-state index in [9.17, 15) is 0 Å². The molecule has 10 rings (SSSR count). The second kappa shape index (κ2) is 9.55. The van der Waals surface area contributed by atoms with E-state index < -0.39 is 0 Å². The summed E-state index contributed by atoms with van der Waals surface area (Å²) in [6.45, 7) is 0. The van der Waals surface area contributed by atoms with Gasteiger partial charge in [-0.25, -0.2) is 0 Å². The Bertz CT molecular complexity index is 2650. The fourth-order valence-electron chi connectivity index (χ4n) is 5.95. The number of hydrogen-bond acceptors (Lipinski definition) is 6. The minimum atomic E-state index is 0.872.